The minimum absolute atomic E-state index is 0.711. The van der Waals surface area contributed by atoms with Crippen LogP contribution < -0.4 is 0 Å². The van der Waals surface area contributed by atoms with Crippen molar-refractivity contribution >= 4 is 8.19 Å². The maximum atomic E-state index is 3.53. The lowest BCUT2D eigenvalue weighted by Crippen LogP contribution is -1.73. The second-order valence-electron chi connectivity index (χ2n) is 4.36. The van der Waals surface area contributed by atoms with E-state index in [0.29, 0.717) is 8.19 Å². The molecule has 0 spiro atoms. The predicted octanol–water partition coefficient (Wildman–Crippen LogP) is 5.16. The van der Waals surface area contributed by atoms with Gasteiger partial charge in [-0.15, -0.1) is 8.19 Å². The van der Waals surface area contributed by atoms with Crippen molar-refractivity contribution in [1.82, 2.24) is 0 Å². The van der Waals surface area contributed by atoms with Gasteiger partial charge in [-0.3, -0.25) is 0 Å². The van der Waals surface area contributed by atoms with Gasteiger partial charge in [-0.05, 0) is 29.7 Å². The first-order valence-corrected chi connectivity index (χ1v) is 7.07. The molecule has 0 bridgehead atoms. The van der Waals surface area contributed by atoms with Crippen LogP contribution in [-0.2, 0) is 0 Å². The second-order valence-corrected chi connectivity index (χ2v) is 5.61. The van der Waals surface area contributed by atoms with Crippen LogP contribution in [0, 0.1) is 13.0 Å². The van der Waals surface area contributed by atoms with Gasteiger partial charge in [-0.25, -0.2) is 0 Å². The number of hydrogen-bond acceptors (Lipinski definition) is 0. The molecule has 1 unspecified atom stereocenters. The third-order valence-corrected chi connectivity index (χ3v) is 4.64. The summed E-state index contributed by atoms with van der Waals surface area (Å²) in [5, 5.41) is 2.75. The molecule has 0 amide bonds. The molecule has 1 aromatic heterocycles. The van der Waals surface area contributed by atoms with E-state index in [0.717, 1.165) is 0 Å². The van der Waals surface area contributed by atoms with E-state index in [1.54, 1.807) is 0 Å². The molecule has 87 valence electrons. The molecule has 1 atom stereocenters. The van der Waals surface area contributed by atoms with Crippen molar-refractivity contribution in [3.63, 3.8) is 0 Å². The van der Waals surface area contributed by atoms with Crippen LogP contribution in [0.5, 0.6) is 0 Å². The van der Waals surface area contributed by atoms with Gasteiger partial charge in [0.1, 0.15) is 0 Å². The Morgan fingerprint density at radius 3 is 1.94 bits per heavy atom. The standard InChI is InChI=1S/C17H14P/c1-13-12-16(14-8-4-2-5-9-14)18-17(13)15-10-6-3-7-11-15/h2-11,18H,1H3. The molecule has 2 aromatic carbocycles. The Balaban J connectivity index is 2.07. The van der Waals surface area contributed by atoms with Crippen molar-refractivity contribution in [2.45, 2.75) is 6.92 Å². The summed E-state index contributed by atoms with van der Waals surface area (Å²) >= 11 is 0. The quantitative estimate of drug-likeness (QED) is 0.588. The Kier molecular flexibility index (Phi) is 3.04. The predicted molar refractivity (Wildman–Crippen MR) is 80.4 cm³/mol. The Morgan fingerprint density at radius 2 is 1.33 bits per heavy atom. The van der Waals surface area contributed by atoms with Crippen LogP contribution in [-0.4, -0.2) is 0 Å². The first-order valence-electron chi connectivity index (χ1n) is 6.07. The molecule has 0 fully saturated rings. The SMILES string of the molecule is Cc1[c]c(-c2ccccc2)[pH]c1-c1ccccc1. The van der Waals surface area contributed by atoms with Crippen LogP contribution in [0.3, 0.4) is 0 Å². The van der Waals surface area contributed by atoms with Gasteiger partial charge in [-0.1, -0.05) is 60.7 Å². The molecule has 1 heterocycles. The lowest BCUT2D eigenvalue weighted by atomic mass is 10.1. The Morgan fingerprint density at radius 1 is 0.778 bits per heavy atom. The summed E-state index contributed by atoms with van der Waals surface area (Å²) in [7, 11) is 0.711. The maximum absolute atomic E-state index is 3.53. The van der Waals surface area contributed by atoms with E-state index in [1.807, 2.05) is 0 Å². The number of hydrogen-bond donors (Lipinski definition) is 0. The molecule has 0 aliphatic heterocycles. The molecule has 0 saturated carbocycles. The fourth-order valence-electron chi connectivity index (χ4n) is 2.14. The summed E-state index contributed by atoms with van der Waals surface area (Å²) in [6.07, 6.45) is 0. The van der Waals surface area contributed by atoms with Crippen LogP contribution in [0.25, 0.3) is 21.7 Å². The highest BCUT2D eigenvalue weighted by Gasteiger charge is 2.07. The van der Waals surface area contributed by atoms with Gasteiger partial charge in [0.2, 0.25) is 0 Å². The largest absolute Gasteiger partial charge is 0.122 e. The van der Waals surface area contributed by atoms with Crippen LogP contribution in [0.2, 0.25) is 0 Å². The number of aryl methyl sites for hydroxylation is 1. The molecular weight excluding hydrogens is 235 g/mol. The molecule has 0 aliphatic carbocycles. The van der Waals surface area contributed by atoms with E-state index < -0.39 is 0 Å². The molecule has 3 rings (SSSR count). The van der Waals surface area contributed by atoms with E-state index in [9.17, 15) is 0 Å². The van der Waals surface area contributed by atoms with Crippen LogP contribution in [0.1, 0.15) is 5.56 Å². The molecule has 0 nitrogen and oxygen atoms in total. The fourth-order valence-corrected chi connectivity index (χ4v) is 3.51. The molecule has 18 heavy (non-hydrogen) atoms. The zero-order valence-corrected chi connectivity index (χ0v) is 11.3. The van der Waals surface area contributed by atoms with Crippen molar-refractivity contribution < 1.29 is 0 Å². The average molecular weight is 249 g/mol. The third-order valence-electron chi connectivity index (χ3n) is 3.06. The van der Waals surface area contributed by atoms with Gasteiger partial charge in [0.25, 0.3) is 0 Å². The van der Waals surface area contributed by atoms with Gasteiger partial charge in [0.15, 0.2) is 0 Å². The van der Waals surface area contributed by atoms with E-state index in [-0.39, 0.29) is 0 Å². The smallest absolute Gasteiger partial charge is 0.00695 e. The van der Waals surface area contributed by atoms with E-state index in [2.05, 4.69) is 73.7 Å². The van der Waals surface area contributed by atoms with E-state index >= 15 is 0 Å². The zero-order chi connectivity index (χ0) is 12.4. The summed E-state index contributed by atoms with van der Waals surface area (Å²) in [5.41, 5.74) is 3.89. The highest BCUT2D eigenvalue weighted by Crippen LogP contribution is 2.41. The van der Waals surface area contributed by atoms with Gasteiger partial charge < -0.3 is 0 Å². The van der Waals surface area contributed by atoms with Gasteiger partial charge in [-0.2, -0.15) is 0 Å². The Labute approximate surface area is 109 Å². The first kappa shape index (κ1) is 11.3. The Hall–Kier alpha value is -1.78. The summed E-state index contributed by atoms with van der Waals surface area (Å²) in [5.74, 6) is 0. The Bertz CT molecular complexity index is 636. The summed E-state index contributed by atoms with van der Waals surface area (Å²) < 4.78 is 0. The molecule has 0 N–H and O–H groups in total. The van der Waals surface area contributed by atoms with Gasteiger partial charge in [0, 0.05) is 10.6 Å². The van der Waals surface area contributed by atoms with Crippen LogP contribution >= 0.6 is 8.19 Å². The van der Waals surface area contributed by atoms with E-state index in [1.165, 1.54) is 27.3 Å². The number of benzene rings is 2. The van der Waals surface area contributed by atoms with E-state index in [4.69, 9.17) is 0 Å². The average Bonchev–Trinajstić information content (AvgIpc) is 2.83. The second kappa shape index (κ2) is 4.84. The molecule has 1 radical (unpaired) electrons. The summed E-state index contributed by atoms with van der Waals surface area (Å²) in [6.45, 7) is 2.16. The van der Waals surface area contributed by atoms with Crippen molar-refractivity contribution in [2.75, 3.05) is 0 Å². The number of rotatable bonds is 2. The molecule has 1 heteroatoms. The zero-order valence-electron chi connectivity index (χ0n) is 10.3. The third kappa shape index (κ3) is 2.12. The lowest BCUT2D eigenvalue weighted by molar-refractivity contribution is 1.52. The van der Waals surface area contributed by atoms with Crippen LogP contribution in [0.4, 0.5) is 0 Å². The minimum atomic E-state index is 0.711. The van der Waals surface area contributed by atoms with Crippen LogP contribution in [0.15, 0.2) is 60.7 Å². The highest BCUT2D eigenvalue weighted by atomic mass is 31.0. The monoisotopic (exact) mass is 249 g/mol. The first-order chi connectivity index (χ1) is 8.84. The molecule has 0 aliphatic rings. The normalized spacial score (nSPS) is 10.9. The molecule has 3 aromatic rings. The van der Waals surface area contributed by atoms with Crippen molar-refractivity contribution in [3.05, 3.63) is 72.3 Å². The highest BCUT2D eigenvalue weighted by molar-refractivity contribution is 7.38. The van der Waals surface area contributed by atoms with Crippen molar-refractivity contribution in [2.24, 2.45) is 0 Å². The van der Waals surface area contributed by atoms with Crippen molar-refractivity contribution in [1.29, 1.82) is 0 Å². The fraction of sp³-hybridized carbons (Fsp3) is 0.0588. The topological polar surface area (TPSA) is 0 Å². The lowest BCUT2D eigenvalue weighted by Gasteiger charge is -1.99. The summed E-state index contributed by atoms with van der Waals surface area (Å²) in [4.78, 5) is 0. The maximum Gasteiger partial charge on any atom is 0.00695 e. The molecular formula is C17H14P. The van der Waals surface area contributed by atoms with Gasteiger partial charge >= 0.3 is 0 Å². The van der Waals surface area contributed by atoms with Gasteiger partial charge in [0.05, 0.1) is 0 Å². The minimum Gasteiger partial charge on any atom is -0.122 e. The molecule has 0 saturated heterocycles. The summed E-state index contributed by atoms with van der Waals surface area (Å²) in [6, 6.07) is 24.7. The van der Waals surface area contributed by atoms with Crippen molar-refractivity contribution in [3.8, 4) is 21.7 Å².